The van der Waals surface area contributed by atoms with Gasteiger partial charge < -0.3 is 0 Å². The van der Waals surface area contributed by atoms with Crippen LogP contribution in [0.15, 0.2) is 182 Å². The van der Waals surface area contributed by atoms with Crippen LogP contribution in [0.25, 0.3) is 97.0 Å². The molecule has 0 N–H and O–H groups in total. The predicted octanol–water partition coefficient (Wildman–Crippen LogP) is 14.2. The first-order chi connectivity index (χ1) is 25.1. The zero-order chi connectivity index (χ0) is 34.1. The molecule has 1 aromatic heterocycles. The zero-order valence-electron chi connectivity index (χ0n) is 28.6. The van der Waals surface area contributed by atoms with E-state index in [9.17, 15) is 0 Å². The summed E-state index contributed by atoms with van der Waals surface area (Å²) in [7, 11) is 0. The topological polar surface area (TPSA) is 0 Å². The highest BCUT2D eigenvalue weighted by Gasteiger charge is 2.22. The van der Waals surface area contributed by atoms with Crippen molar-refractivity contribution in [1.29, 1.82) is 0 Å². The molecule has 49 heavy (non-hydrogen) atoms. The van der Waals surface area contributed by atoms with Gasteiger partial charge >= 0.3 is 0 Å². The normalized spacial score (nSPS) is 12.2. The summed E-state index contributed by atoms with van der Waals surface area (Å²) in [6, 6.07) is 61.3. The number of hydrogen-bond donors (Lipinski definition) is 0. The average molecular weight is 641 g/mol. The standard InChI is InChI=1S/C48H30S/c1-2-15-32(16-3-1)36-28-29-43(47-42-24-12-13-25-44(42)49-48(36)47)46-40-22-10-8-20-38(40)45(39-21-9-11-23-41(39)46)37-19-7-6-18-35(37)34-27-26-31-14-4-5-17-33(31)30-34/h1-30H/i1D,4D. The van der Waals surface area contributed by atoms with Gasteiger partial charge in [0.05, 0.1) is 2.74 Å². The third-order valence-electron chi connectivity index (χ3n) is 9.95. The molecule has 0 aliphatic rings. The number of fused-ring (bicyclic) bond motifs is 6. The first-order valence-corrected chi connectivity index (χ1v) is 17.5. The van der Waals surface area contributed by atoms with E-state index in [4.69, 9.17) is 2.74 Å². The van der Waals surface area contributed by atoms with Crippen molar-refractivity contribution in [3.05, 3.63) is 182 Å². The van der Waals surface area contributed by atoms with Gasteiger partial charge in [-0.25, -0.2) is 0 Å². The second-order valence-corrected chi connectivity index (χ2v) is 13.7. The van der Waals surface area contributed by atoms with Gasteiger partial charge in [-0.1, -0.05) is 170 Å². The molecule has 1 heterocycles. The van der Waals surface area contributed by atoms with E-state index in [2.05, 4.69) is 140 Å². The summed E-state index contributed by atoms with van der Waals surface area (Å²) in [5, 5.41) is 9.66. The second kappa shape index (κ2) is 11.3. The largest absolute Gasteiger partial charge is 0.135 e. The summed E-state index contributed by atoms with van der Waals surface area (Å²) in [4.78, 5) is 0. The molecule has 0 radical (unpaired) electrons. The Labute approximate surface area is 292 Å². The van der Waals surface area contributed by atoms with Gasteiger partial charge in [0.2, 0.25) is 0 Å². The predicted molar refractivity (Wildman–Crippen MR) is 214 cm³/mol. The van der Waals surface area contributed by atoms with Gasteiger partial charge in [0.15, 0.2) is 0 Å². The first-order valence-electron chi connectivity index (χ1n) is 17.7. The molecular formula is C48H30S. The summed E-state index contributed by atoms with van der Waals surface area (Å²) in [5.74, 6) is 0. The highest BCUT2D eigenvalue weighted by Crippen LogP contribution is 2.50. The second-order valence-electron chi connectivity index (χ2n) is 12.6. The number of hydrogen-bond acceptors (Lipinski definition) is 1. The third kappa shape index (κ3) is 4.44. The maximum atomic E-state index is 8.10. The van der Waals surface area contributed by atoms with Crippen molar-refractivity contribution >= 4 is 63.8 Å². The molecule has 0 spiro atoms. The van der Waals surface area contributed by atoms with Crippen LogP contribution in [-0.4, -0.2) is 0 Å². The van der Waals surface area contributed by atoms with Crippen molar-refractivity contribution in [2.24, 2.45) is 0 Å². The van der Waals surface area contributed by atoms with Crippen molar-refractivity contribution in [2.45, 2.75) is 0 Å². The lowest BCUT2D eigenvalue weighted by atomic mass is 9.82. The Balaban J connectivity index is 1.29. The quantitative estimate of drug-likeness (QED) is 0.168. The molecule has 1 heteroatoms. The number of rotatable bonds is 4. The molecule has 0 saturated heterocycles. The van der Waals surface area contributed by atoms with Gasteiger partial charge in [0.25, 0.3) is 0 Å². The van der Waals surface area contributed by atoms with Crippen LogP contribution < -0.4 is 0 Å². The van der Waals surface area contributed by atoms with Crippen molar-refractivity contribution in [2.75, 3.05) is 0 Å². The van der Waals surface area contributed by atoms with Gasteiger partial charge in [-0.3, -0.25) is 0 Å². The Morgan fingerprint density at radius 3 is 1.69 bits per heavy atom. The summed E-state index contributed by atoms with van der Waals surface area (Å²) in [5.41, 5.74) is 9.60. The van der Waals surface area contributed by atoms with Gasteiger partial charge in [-0.15, -0.1) is 11.3 Å². The van der Waals surface area contributed by atoms with Gasteiger partial charge in [-0.05, 0) is 89.0 Å². The van der Waals surface area contributed by atoms with Crippen LogP contribution in [0, 0.1) is 0 Å². The lowest BCUT2D eigenvalue weighted by Gasteiger charge is -2.20. The molecule has 0 aliphatic carbocycles. The monoisotopic (exact) mass is 640 g/mol. The molecule has 0 nitrogen and oxygen atoms in total. The number of thiophene rings is 1. The lowest BCUT2D eigenvalue weighted by Crippen LogP contribution is -1.93. The van der Waals surface area contributed by atoms with E-state index in [0.29, 0.717) is 12.1 Å². The Morgan fingerprint density at radius 1 is 0.367 bits per heavy atom. The fourth-order valence-corrected chi connectivity index (χ4v) is 9.05. The van der Waals surface area contributed by atoms with Crippen LogP contribution in [-0.2, 0) is 0 Å². The van der Waals surface area contributed by atoms with Crippen molar-refractivity contribution in [3.63, 3.8) is 0 Å². The Morgan fingerprint density at radius 2 is 0.959 bits per heavy atom. The third-order valence-corrected chi connectivity index (χ3v) is 11.2. The van der Waals surface area contributed by atoms with Gasteiger partial charge in [0, 0.05) is 20.2 Å². The van der Waals surface area contributed by atoms with E-state index in [0.717, 1.165) is 21.9 Å². The molecule has 228 valence electrons. The van der Waals surface area contributed by atoms with Crippen LogP contribution in [0.3, 0.4) is 0 Å². The van der Waals surface area contributed by atoms with Crippen molar-refractivity contribution < 1.29 is 2.74 Å². The zero-order valence-corrected chi connectivity index (χ0v) is 27.4. The Kier molecular flexibility index (Phi) is 6.00. The van der Waals surface area contributed by atoms with Crippen molar-refractivity contribution in [1.82, 2.24) is 0 Å². The molecule has 0 amide bonds. The van der Waals surface area contributed by atoms with Crippen LogP contribution in [0.1, 0.15) is 2.74 Å². The van der Waals surface area contributed by atoms with Gasteiger partial charge in [0.1, 0.15) is 0 Å². The smallest absolute Gasteiger partial charge is 0.0623 e. The number of benzene rings is 9. The van der Waals surface area contributed by atoms with E-state index < -0.39 is 0 Å². The molecule has 0 fully saturated rings. The molecule has 0 bridgehead atoms. The maximum Gasteiger partial charge on any atom is 0.0623 e. The minimum absolute atomic E-state index is 0.519. The highest BCUT2D eigenvalue weighted by molar-refractivity contribution is 7.26. The van der Waals surface area contributed by atoms with Crippen LogP contribution in [0.5, 0.6) is 0 Å². The summed E-state index contributed by atoms with van der Waals surface area (Å²) in [6.45, 7) is 0. The summed E-state index contributed by atoms with van der Waals surface area (Å²) >= 11 is 1.85. The molecule has 0 atom stereocenters. The van der Waals surface area contributed by atoms with Gasteiger partial charge in [-0.2, -0.15) is 0 Å². The van der Waals surface area contributed by atoms with E-state index in [-0.39, 0.29) is 0 Å². The van der Waals surface area contributed by atoms with E-state index >= 15 is 0 Å². The Hall–Kier alpha value is -6.02. The fraction of sp³-hybridized carbons (Fsp3) is 0. The van der Waals surface area contributed by atoms with E-state index in [1.54, 1.807) is 0 Å². The van der Waals surface area contributed by atoms with Crippen molar-refractivity contribution in [3.8, 4) is 44.5 Å². The lowest BCUT2D eigenvalue weighted by molar-refractivity contribution is 1.62. The Bertz CT molecular complexity index is 2930. The van der Waals surface area contributed by atoms with Crippen LogP contribution in [0.2, 0.25) is 0 Å². The molecule has 0 unspecified atom stereocenters. The molecule has 10 rings (SSSR count). The van der Waals surface area contributed by atoms with E-state index in [1.165, 1.54) is 75.1 Å². The fourth-order valence-electron chi connectivity index (χ4n) is 7.79. The summed E-state index contributed by atoms with van der Waals surface area (Å²) < 4.78 is 18.7. The van der Waals surface area contributed by atoms with Crippen LogP contribution in [0.4, 0.5) is 0 Å². The first kappa shape index (κ1) is 26.0. The minimum Gasteiger partial charge on any atom is -0.135 e. The molecule has 9 aromatic carbocycles. The SMILES string of the molecule is [2H]c1ccc(-c2ccc(-c3c4ccccc4c(-c4ccccc4-c4ccc5cc([2H])ccc5c4)c4ccccc34)c3c2sc2ccccc23)cc1. The minimum atomic E-state index is 0.519. The average Bonchev–Trinajstić information content (AvgIpc) is 3.57. The molecule has 0 aliphatic heterocycles. The van der Waals surface area contributed by atoms with Crippen LogP contribution >= 0.6 is 11.3 Å². The van der Waals surface area contributed by atoms with E-state index in [1.807, 2.05) is 41.7 Å². The molecule has 0 saturated carbocycles. The molecule has 10 aromatic rings. The molecular weight excluding hydrogens is 609 g/mol. The summed E-state index contributed by atoms with van der Waals surface area (Å²) in [6.07, 6.45) is 0. The maximum absolute atomic E-state index is 8.10. The highest BCUT2D eigenvalue weighted by atomic mass is 32.1.